The number of rotatable bonds is 9. The Kier molecular flexibility index (Phi) is 7.61. The summed E-state index contributed by atoms with van der Waals surface area (Å²) in [6, 6.07) is 12.9. The Bertz CT molecular complexity index is 686. The topological polar surface area (TPSA) is 47.6 Å². The summed E-state index contributed by atoms with van der Waals surface area (Å²) in [6.07, 6.45) is 2.80. The van der Waals surface area contributed by atoms with Crippen molar-refractivity contribution >= 4 is 17.5 Å². The van der Waals surface area contributed by atoms with Gasteiger partial charge in [0, 0.05) is 17.1 Å². The fourth-order valence-corrected chi connectivity index (χ4v) is 2.45. The van der Waals surface area contributed by atoms with Gasteiger partial charge in [-0.05, 0) is 48.7 Å². The number of hydrogen-bond acceptors (Lipinski definition) is 3. The van der Waals surface area contributed by atoms with Gasteiger partial charge in [-0.3, -0.25) is 4.79 Å². The highest BCUT2D eigenvalue weighted by molar-refractivity contribution is 6.30. The second-order valence-corrected chi connectivity index (χ2v) is 6.14. The van der Waals surface area contributed by atoms with Gasteiger partial charge in [-0.1, -0.05) is 37.1 Å². The summed E-state index contributed by atoms with van der Waals surface area (Å²) in [7, 11) is 1.57. The van der Waals surface area contributed by atoms with Crippen molar-refractivity contribution in [2.24, 2.45) is 0 Å². The molecule has 25 heavy (non-hydrogen) atoms. The van der Waals surface area contributed by atoms with Crippen LogP contribution in [0.5, 0.6) is 11.5 Å². The van der Waals surface area contributed by atoms with Gasteiger partial charge < -0.3 is 14.8 Å². The van der Waals surface area contributed by atoms with E-state index in [2.05, 4.69) is 12.2 Å². The van der Waals surface area contributed by atoms with E-state index in [1.165, 1.54) is 0 Å². The molecule has 0 aliphatic carbocycles. The zero-order valence-corrected chi connectivity index (χ0v) is 15.4. The lowest BCUT2D eigenvalue weighted by Gasteiger charge is -2.12. The van der Waals surface area contributed by atoms with Gasteiger partial charge in [0.15, 0.2) is 11.5 Å². The molecular formula is C20H24ClNO3. The van der Waals surface area contributed by atoms with Crippen molar-refractivity contribution in [1.29, 1.82) is 0 Å². The molecule has 134 valence electrons. The van der Waals surface area contributed by atoms with Crippen LogP contribution in [0.2, 0.25) is 5.02 Å². The number of unbranched alkanes of at least 4 members (excludes halogenated alkanes) is 1. The lowest BCUT2D eigenvalue weighted by Crippen LogP contribution is -2.25. The Morgan fingerprint density at radius 3 is 2.56 bits per heavy atom. The summed E-state index contributed by atoms with van der Waals surface area (Å²) < 4.78 is 11.0. The molecule has 2 aromatic carbocycles. The van der Waals surface area contributed by atoms with Gasteiger partial charge >= 0.3 is 0 Å². The SMILES string of the molecule is CCCCOc1ccc(C(=O)NCCc2ccc(Cl)cc2)cc1OC. The van der Waals surface area contributed by atoms with E-state index < -0.39 is 0 Å². The Hall–Kier alpha value is -2.20. The van der Waals surface area contributed by atoms with Crippen molar-refractivity contribution in [3.8, 4) is 11.5 Å². The summed E-state index contributed by atoms with van der Waals surface area (Å²) in [4.78, 5) is 12.3. The molecule has 1 N–H and O–H groups in total. The molecule has 0 heterocycles. The number of halogens is 1. The highest BCUT2D eigenvalue weighted by Crippen LogP contribution is 2.28. The highest BCUT2D eigenvalue weighted by Gasteiger charge is 2.11. The molecule has 0 aromatic heterocycles. The number of nitrogens with one attached hydrogen (secondary N) is 1. The van der Waals surface area contributed by atoms with Crippen LogP contribution in [-0.4, -0.2) is 26.2 Å². The van der Waals surface area contributed by atoms with E-state index in [4.69, 9.17) is 21.1 Å². The van der Waals surface area contributed by atoms with Crippen molar-refractivity contribution < 1.29 is 14.3 Å². The number of amides is 1. The highest BCUT2D eigenvalue weighted by atomic mass is 35.5. The van der Waals surface area contributed by atoms with Crippen LogP contribution >= 0.6 is 11.6 Å². The molecule has 0 spiro atoms. The van der Waals surface area contributed by atoms with Crippen molar-refractivity contribution in [1.82, 2.24) is 5.32 Å². The molecule has 2 aromatic rings. The van der Waals surface area contributed by atoms with Gasteiger partial charge in [0.1, 0.15) is 0 Å². The second-order valence-electron chi connectivity index (χ2n) is 5.70. The number of hydrogen-bond donors (Lipinski definition) is 1. The van der Waals surface area contributed by atoms with Crippen LogP contribution < -0.4 is 14.8 Å². The van der Waals surface area contributed by atoms with Crippen molar-refractivity contribution in [2.45, 2.75) is 26.2 Å². The normalized spacial score (nSPS) is 10.4. The molecule has 0 aliphatic heterocycles. The van der Waals surface area contributed by atoms with E-state index >= 15 is 0 Å². The lowest BCUT2D eigenvalue weighted by atomic mass is 10.1. The van der Waals surface area contributed by atoms with Crippen LogP contribution in [0.3, 0.4) is 0 Å². The first-order valence-electron chi connectivity index (χ1n) is 8.47. The molecule has 5 heteroatoms. The first kappa shape index (κ1) is 19.1. The second kappa shape index (κ2) is 9.94. The fraction of sp³-hybridized carbons (Fsp3) is 0.350. The zero-order chi connectivity index (χ0) is 18.1. The molecule has 0 aliphatic rings. The molecule has 0 saturated heterocycles. The van der Waals surface area contributed by atoms with E-state index in [0.29, 0.717) is 35.2 Å². The van der Waals surface area contributed by atoms with Crippen molar-refractivity contribution in [2.75, 3.05) is 20.3 Å². The van der Waals surface area contributed by atoms with Gasteiger partial charge in [-0.15, -0.1) is 0 Å². The average molecular weight is 362 g/mol. The Balaban J connectivity index is 1.90. The monoisotopic (exact) mass is 361 g/mol. The minimum Gasteiger partial charge on any atom is -0.493 e. The maximum atomic E-state index is 12.3. The first-order chi connectivity index (χ1) is 12.1. The number of methoxy groups -OCH3 is 1. The molecule has 0 fully saturated rings. The summed E-state index contributed by atoms with van der Waals surface area (Å²) in [5, 5.41) is 3.63. The predicted molar refractivity (Wildman–Crippen MR) is 101 cm³/mol. The van der Waals surface area contributed by atoms with Gasteiger partial charge in [-0.2, -0.15) is 0 Å². The summed E-state index contributed by atoms with van der Waals surface area (Å²) in [5.41, 5.74) is 1.68. The molecule has 0 atom stereocenters. The fourth-order valence-electron chi connectivity index (χ4n) is 2.33. The third-order valence-electron chi connectivity index (χ3n) is 3.79. The van der Waals surface area contributed by atoms with Gasteiger partial charge in [0.2, 0.25) is 0 Å². The molecule has 2 rings (SSSR count). The van der Waals surface area contributed by atoms with Crippen LogP contribution in [-0.2, 0) is 6.42 Å². The van der Waals surface area contributed by atoms with Gasteiger partial charge in [-0.25, -0.2) is 0 Å². The summed E-state index contributed by atoms with van der Waals surface area (Å²) in [6.45, 7) is 3.30. The average Bonchev–Trinajstić information content (AvgIpc) is 2.63. The Morgan fingerprint density at radius 1 is 1.12 bits per heavy atom. The first-order valence-corrected chi connectivity index (χ1v) is 8.85. The zero-order valence-electron chi connectivity index (χ0n) is 14.7. The molecule has 0 saturated carbocycles. The molecular weight excluding hydrogens is 338 g/mol. The van der Waals surface area contributed by atoms with Crippen molar-refractivity contribution in [3.05, 3.63) is 58.6 Å². The standard InChI is InChI=1S/C20H24ClNO3/c1-3-4-13-25-18-10-7-16(14-19(18)24-2)20(23)22-12-11-15-5-8-17(21)9-6-15/h5-10,14H,3-4,11-13H2,1-2H3,(H,22,23). The summed E-state index contributed by atoms with van der Waals surface area (Å²) in [5.74, 6) is 1.10. The van der Waals surface area contributed by atoms with Crippen LogP contribution in [0.25, 0.3) is 0 Å². The van der Waals surface area contributed by atoms with E-state index in [0.717, 1.165) is 24.8 Å². The molecule has 4 nitrogen and oxygen atoms in total. The number of carbonyl (C=O) groups is 1. The maximum Gasteiger partial charge on any atom is 0.251 e. The van der Waals surface area contributed by atoms with Crippen LogP contribution in [0, 0.1) is 0 Å². The Labute approximate surface area is 154 Å². The van der Waals surface area contributed by atoms with E-state index in [1.807, 2.05) is 24.3 Å². The number of ether oxygens (including phenoxy) is 2. The molecule has 0 unspecified atom stereocenters. The number of benzene rings is 2. The van der Waals surface area contributed by atoms with Crippen molar-refractivity contribution in [3.63, 3.8) is 0 Å². The minimum atomic E-state index is -0.132. The smallest absolute Gasteiger partial charge is 0.251 e. The van der Waals surface area contributed by atoms with E-state index in [1.54, 1.807) is 25.3 Å². The quantitative estimate of drug-likeness (QED) is 0.669. The van der Waals surface area contributed by atoms with E-state index in [9.17, 15) is 4.79 Å². The van der Waals surface area contributed by atoms with Crippen LogP contribution in [0.1, 0.15) is 35.7 Å². The molecule has 1 amide bonds. The Morgan fingerprint density at radius 2 is 1.88 bits per heavy atom. The maximum absolute atomic E-state index is 12.3. The van der Waals surface area contributed by atoms with Crippen LogP contribution in [0.15, 0.2) is 42.5 Å². The third kappa shape index (κ3) is 5.98. The van der Waals surface area contributed by atoms with Crippen LogP contribution in [0.4, 0.5) is 0 Å². The van der Waals surface area contributed by atoms with Gasteiger partial charge in [0.25, 0.3) is 5.91 Å². The molecule has 0 radical (unpaired) electrons. The lowest BCUT2D eigenvalue weighted by molar-refractivity contribution is 0.0953. The molecule has 0 bridgehead atoms. The minimum absolute atomic E-state index is 0.132. The third-order valence-corrected chi connectivity index (χ3v) is 4.05. The van der Waals surface area contributed by atoms with E-state index in [-0.39, 0.29) is 5.91 Å². The number of carbonyl (C=O) groups excluding carboxylic acids is 1. The largest absolute Gasteiger partial charge is 0.493 e. The predicted octanol–water partition coefficient (Wildman–Crippen LogP) is 4.50. The summed E-state index contributed by atoms with van der Waals surface area (Å²) >= 11 is 5.87. The van der Waals surface area contributed by atoms with Gasteiger partial charge in [0.05, 0.1) is 13.7 Å².